The third-order valence-electron chi connectivity index (χ3n) is 3.62. The zero-order valence-electron chi connectivity index (χ0n) is 14.6. The molecule has 2 aromatic rings. The number of nitrogens with one attached hydrogen (secondary N) is 1. The monoisotopic (exact) mass is 339 g/mol. The van der Waals surface area contributed by atoms with Gasteiger partial charge in [-0.3, -0.25) is 4.79 Å². The summed E-state index contributed by atoms with van der Waals surface area (Å²) in [7, 11) is 0. The van der Waals surface area contributed by atoms with Crippen molar-refractivity contribution in [3.05, 3.63) is 71.8 Å². The van der Waals surface area contributed by atoms with Gasteiger partial charge in [-0.05, 0) is 34.8 Å². The quantitative estimate of drug-likeness (QED) is 0.460. The van der Waals surface area contributed by atoms with Crippen molar-refractivity contribution in [2.75, 3.05) is 12.3 Å². The van der Waals surface area contributed by atoms with E-state index in [0.29, 0.717) is 6.54 Å². The molecule has 1 amide bonds. The summed E-state index contributed by atoms with van der Waals surface area (Å²) in [6.07, 6.45) is 3.45. The molecule has 24 heavy (non-hydrogen) atoms. The van der Waals surface area contributed by atoms with Crippen LogP contribution in [0.4, 0.5) is 0 Å². The maximum absolute atomic E-state index is 11.8. The van der Waals surface area contributed by atoms with E-state index in [-0.39, 0.29) is 11.3 Å². The van der Waals surface area contributed by atoms with Crippen molar-refractivity contribution in [3.63, 3.8) is 0 Å². The first-order chi connectivity index (χ1) is 11.4. The van der Waals surface area contributed by atoms with Crippen LogP contribution in [0, 0.1) is 0 Å². The second kappa shape index (κ2) is 8.74. The molecule has 0 atom stereocenters. The summed E-state index contributed by atoms with van der Waals surface area (Å²) in [5.74, 6) is 0.813. The van der Waals surface area contributed by atoms with E-state index in [2.05, 4.69) is 62.5 Å². The van der Waals surface area contributed by atoms with Crippen LogP contribution < -0.4 is 5.32 Å². The smallest absolute Gasteiger partial charge is 0.244 e. The fourth-order valence-electron chi connectivity index (χ4n) is 2.18. The topological polar surface area (TPSA) is 29.1 Å². The zero-order chi connectivity index (χ0) is 17.4. The van der Waals surface area contributed by atoms with Crippen molar-refractivity contribution in [1.82, 2.24) is 5.32 Å². The first kappa shape index (κ1) is 18.3. The van der Waals surface area contributed by atoms with Crippen LogP contribution in [-0.2, 0) is 10.2 Å². The molecule has 2 rings (SSSR count). The van der Waals surface area contributed by atoms with Gasteiger partial charge in [0.15, 0.2) is 0 Å². The van der Waals surface area contributed by atoms with Gasteiger partial charge >= 0.3 is 0 Å². The molecule has 0 saturated heterocycles. The second-order valence-corrected chi connectivity index (χ2v) is 7.83. The lowest BCUT2D eigenvalue weighted by molar-refractivity contribution is -0.116. The SMILES string of the molecule is CC(C)(C)c1ccc(C=CC(=O)NCCSc2ccccc2)cc1. The van der Waals surface area contributed by atoms with Gasteiger partial charge in [-0.2, -0.15) is 0 Å². The number of hydrogen-bond donors (Lipinski definition) is 1. The fraction of sp³-hybridized carbons (Fsp3) is 0.286. The first-order valence-corrected chi connectivity index (χ1v) is 9.18. The summed E-state index contributed by atoms with van der Waals surface area (Å²) in [6, 6.07) is 18.5. The number of carbonyl (C=O) groups excluding carboxylic acids is 1. The van der Waals surface area contributed by atoms with Crippen LogP contribution in [0.5, 0.6) is 0 Å². The van der Waals surface area contributed by atoms with Crippen LogP contribution in [0.1, 0.15) is 31.9 Å². The molecule has 0 fully saturated rings. The standard InChI is InChI=1S/C21H25NOS/c1-21(2,3)18-12-9-17(10-13-18)11-14-20(23)22-15-16-24-19-7-5-4-6-8-19/h4-14H,15-16H2,1-3H3,(H,22,23). The summed E-state index contributed by atoms with van der Waals surface area (Å²) >= 11 is 1.74. The molecule has 0 aliphatic rings. The van der Waals surface area contributed by atoms with Gasteiger partial charge in [0.1, 0.15) is 0 Å². The Kier molecular flexibility index (Phi) is 6.68. The molecule has 3 heteroatoms. The number of rotatable bonds is 6. The second-order valence-electron chi connectivity index (χ2n) is 6.66. The van der Waals surface area contributed by atoms with Crippen LogP contribution in [0.2, 0.25) is 0 Å². The highest BCUT2D eigenvalue weighted by Gasteiger charge is 2.12. The van der Waals surface area contributed by atoms with Gasteiger partial charge in [-0.1, -0.05) is 63.2 Å². The minimum atomic E-state index is -0.0523. The summed E-state index contributed by atoms with van der Waals surface area (Å²) in [5.41, 5.74) is 2.48. The van der Waals surface area contributed by atoms with Crippen molar-refractivity contribution in [1.29, 1.82) is 0 Å². The molecular formula is C21H25NOS. The Balaban J connectivity index is 1.74. The average molecular weight is 340 g/mol. The molecule has 2 aromatic carbocycles. The first-order valence-electron chi connectivity index (χ1n) is 8.19. The average Bonchev–Trinajstić information content (AvgIpc) is 2.57. The van der Waals surface area contributed by atoms with Crippen molar-refractivity contribution >= 4 is 23.7 Å². The van der Waals surface area contributed by atoms with Gasteiger partial charge in [0.25, 0.3) is 0 Å². The molecule has 0 heterocycles. The minimum absolute atomic E-state index is 0.0523. The van der Waals surface area contributed by atoms with E-state index in [4.69, 9.17) is 0 Å². The highest BCUT2D eigenvalue weighted by molar-refractivity contribution is 7.99. The highest BCUT2D eigenvalue weighted by Crippen LogP contribution is 2.22. The Labute approximate surface area is 149 Å². The highest BCUT2D eigenvalue weighted by atomic mass is 32.2. The lowest BCUT2D eigenvalue weighted by atomic mass is 9.87. The zero-order valence-corrected chi connectivity index (χ0v) is 15.4. The number of benzene rings is 2. The molecule has 0 saturated carbocycles. The lowest BCUT2D eigenvalue weighted by Gasteiger charge is -2.18. The molecule has 0 spiro atoms. The molecular weight excluding hydrogens is 314 g/mol. The molecule has 0 aliphatic carbocycles. The van der Waals surface area contributed by atoms with Gasteiger partial charge < -0.3 is 5.32 Å². The van der Waals surface area contributed by atoms with E-state index in [1.165, 1.54) is 10.5 Å². The summed E-state index contributed by atoms with van der Waals surface area (Å²) in [5, 5.41) is 2.91. The third kappa shape index (κ3) is 6.25. The molecule has 1 N–H and O–H groups in total. The Morgan fingerprint density at radius 1 is 1.04 bits per heavy atom. The van der Waals surface area contributed by atoms with Crippen molar-refractivity contribution in [2.45, 2.75) is 31.1 Å². The lowest BCUT2D eigenvalue weighted by Crippen LogP contribution is -2.23. The predicted octanol–water partition coefficient (Wildman–Crippen LogP) is 4.91. The van der Waals surface area contributed by atoms with E-state index in [9.17, 15) is 4.79 Å². The normalized spacial score (nSPS) is 11.6. The van der Waals surface area contributed by atoms with E-state index >= 15 is 0 Å². The van der Waals surface area contributed by atoms with Gasteiger partial charge in [-0.15, -0.1) is 11.8 Å². The number of amides is 1. The van der Waals surface area contributed by atoms with Gasteiger partial charge in [0.05, 0.1) is 0 Å². The Morgan fingerprint density at radius 3 is 2.33 bits per heavy atom. The number of carbonyl (C=O) groups is 1. The van der Waals surface area contributed by atoms with Crippen LogP contribution in [0.3, 0.4) is 0 Å². The molecule has 0 aliphatic heterocycles. The minimum Gasteiger partial charge on any atom is -0.352 e. The third-order valence-corrected chi connectivity index (χ3v) is 4.63. The molecule has 0 radical (unpaired) electrons. The Hall–Kier alpha value is -2.00. The van der Waals surface area contributed by atoms with Crippen LogP contribution in [-0.4, -0.2) is 18.2 Å². The fourth-order valence-corrected chi connectivity index (χ4v) is 2.97. The Bertz CT molecular complexity index is 669. The van der Waals surface area contributed by atoms with Crippen molar-refractivity contribution < 1.29 is 4.79 Å². The maximum Gasteiger partial charge on any atom is 0.244 e. The molecule has 0 bridgehead atoms. The summed E-state index contributed by atoms with van der Waals surface area (Å²) < 4.78 is 0. The Morgan fingerprint density at radius 2 is 1.71 bits per heavy atom. The van der Waals surface area contributed by atoms with E-state index in [1.54, 1.807) is 17.8 Å². The van der Waals surface area contributed by atoms with Crippen LogP contribution in [0.15, 0.2) is 65.6 Å². The van der Waals surface area contributed by atoms with Crippen molar-refractivity contribution in [2.24, 2.45) is 0 Å². The van der Waals surface area contributed by atoms with E-state index in [0.717, 1.165) is 11.3 Å². The number of hydrogen-bond acceptors (Lipinski definition) is 2. The van der Waals surface area contributed by atoms with Gasteiger partial charge in [0, 0.05) is 23.3 Å². The van der Waals surface area contributed by atoms with Crippen molar-refractivity contribution in [3.8, 4) is 0 Å². The molecule has 126 valence electrons. The predicted molar refractivity (Wildman–Crippen MR) is 104 cm³/mol. The van der Waals surface area contributed by atoms with Gasteiger partial charge in [-0.25, -0.2) is 0 Å². The number of thioether (sulfide) groups is 1. The van der Waals surface area contributed by atoms with Gasteiger partial charge in [0.2, 0.25) is 5.91 Å². The summed E-state index contributed by atoms with van der Waals surface area (Å²) in [4.78, 5) is 13.1. The maximum atomic E-state index is 11.8. The van der Waals surface area contributed by atoms with Crippen LogP contribution >= 0.6 is 11.8 Å². The largest absolute Gasteiger partial charge is 0.352 e. The molecule has 2 nitrogen and oxygen atoms in total. The molecule has 0 aromatic heterocycles. The molecule has 0 unspecified atom stereocenters. The van der Waals surface area contributed by atoms with Crippen LogP contribution in [0.25, 0.3) is 6.08 Å². The summed E-state index contributed by atoms with van der Waals surface area (Å²) in [6.45, 7) is 7.24. The van der Waals surface area contributed by atoms with E-state index in [1.807, 2.05) is 24.3 Å². The van der Waals surface area contributed by atoms with E-state index < -0.39 is 0 Å².